The number of hydrogen-bond donors (Lipinski definition) is 0. The van der Waals surface area contributed by atoms with E-state index in [2.05, 4.69) is 4.98 Å². The van der Waals surface area contributed by atoms with Crippen molar-refractivity contribution in [3.8, 4) is 11.3 Å². The van der Waals surface area contributed by atoms with Crippen LogP contribution in [-0.4, -0.2) is 27.4 Å². The van der Waals surface area contributed by atoms with Gasteiger partial charge in [0.05, 0.1) is 17.9 Å². The Labute approximate surface area is 154 Å². The molecule has 7 heteroatoms. The average Bonchev–Trinajstić information content (AvgIpc) is 2.90. The van der Waals surface area contributed by atoms with Crippen LogP contribution in [0.4, 0.5) is 4.39 Å². The van der Waals surface area contributed by atoms with Gasteiger partial charge in [0.2, 0.25) is 5.91 Å². The molecular weight excluding hydrogens is 353 g/mol. The zero-order valence-corrected chi connectivity index (χ0v) is 15.3. The molecule has 0 atom stereocenters. The molecule has 0 radical (unpaired) electrons. The predicted molar refractivity (Wildman–Crippen MR) is 99.4 cm³/mol. The van der Waals surface area contributed by atoms with Crippen LogP contribution in [0.2, 0.25) is 0 Å². The third-order valence-corrected chi connectivity index (χ3v) is 4.92. The first kappa shape index (κ1) is 18.0. The maximum absolute atomic E-state index is 13.2. The van der Waals surface area contributed by atoms with Crippen molar-refractivity contribution in [2.24, 2.45) is 0 Å². The Morgan fingerprint density at radius 3 is 2.62 bits per heavy atom. The van der Waals surface area contributed by atoms with E-state index in [1.54, 1.807) is 25.4 Å². The third-order valence-electron chi connectivity index (χ3n) is 4.03. The SMILES string of the molecule is Cc1sc(=O)n(CC(=O)N(C)Cc2ccccn2)c1-c1ccc(F)cc1. The normalized spacial score (nSPS) is 10.7. The second kappa shape index (κ2) is 7.61. The van der Waals surface area contributed by atoms with Gasteiger partial charge in [-0.25, -0.2) is 4.39 Å². The fourth-order valence-corrected chi connectivity index (χ4v) is 3.56. The molecule has 0 aliphatic carbocycles. The average molecular weight is 371 g/mol. The smallest absolute Gasteiger partial charge is 0.308 e. The molecule has 0 spiro atoms. The number of hydrogen-bond acceptors (Lipinski definition) is 4. The minimum atomic E-state index is -0.346. The highest BCUT2D eigenvalue weighted by atomic mass is 32.1. The summed E-state index contributed by atoms with van der Waals surface area (Å²) in [5.41, 5.74) is 2.14. The molecule has 0 unspecified atom stereocenters. The van der Waals surface area contributed by atoms with Crippen LogP contribution in [0.3, 0.4) is 0 Å². The van der Waals surface area contributed by atoms with Crippen LogP contribution in [0.15, 0.2) is 53.5 Å². The van der Waals surface area contributed by atoms with Gasteiger partial charge < -0.3 is 4.90 Å². The van der Waals surface area contributed by atoms with E-state index in [0.29, 0.717) is 17.8 Å². The molecule has 0 saturated heterocycles. The van der Waals surface area contributed by atoms with Gasteiger partial charge in [-0.1, -0.05) is 17.4 Å². The number of carbonyl (C=O) groups is 1. The van der Waals surface area contributed by atoms with E-state index in [9.17, 15) is 14.0 Å². The summed E-state index contributed by atoms with van der Waals surface area (Å²) < 4.78 is 14.6. The van der Waals surface area contributed by atoms with Gasteiger partial charge in [-0.15, -0.1) is 0 Å². The van der Waals surface area contributed by atoms with Crippen molar-refractivity contribution in [2.75, 3.05) is 7.05 Å². The molecule has 0 aliphatic heterocycles. The molecule has 3 aromatic rings. The van der Waals surface area contributed by atoms with Crippen molar-refractivity contribution in [1.82, 2.24) is 14.5 Å². The molecule has 0 N–H and O–H groups in total. The van der Waals surface area contributed by atoms with Gasteiger partial charge in [0, 0.05) is 18.1 Å². The topological polar surface area (TPSA) is 55.2 Å². The molecule has 2 heterocycles. The second-order valence-corrected chi connectivity index (χ2v) is 7.10. The van der Waals surface area contributed by atoms with Crippen molar-refractivity contribution in [3.63, 3.8) is 0 Å². The molecular formula is C19H18FN3O2S. The lowest BCUT2D eigenvalue weighted by molar-refractivity contribution is -0.131. The lowest BCUT2D eigenvalue weighted by atomic mass is 10.1. The maximum Gasteiger partial charge on any atom is 0.308 e. The largest absolute Gasteiger partial charge is 0.338 e. The number of pyridine rings is 1. The summed E-state index contributed by atoms with van der Waals surface area (Å²) in [6.07, 6.45) is 1.67. The van der Waals surface area contributed by atoms with Crippen LogP contribution >= 0.6 is 11.3 Å². The first-order valence-electron chi connectivity index (χ1n) is 8.05. The summed E-state index contributed by atoms with van der Waals surface area (Å²) in [7, 11) is 1.68. The number of rotatable bonds is 5. The lowest BCUT2D eigenvalue weighted by Gasteiger charge is -2.18. The molecule has 26 heavy (non-hydrogen) atoms. The van der Waals surface area contributed by atoms with Gasteiger partial charge in [-0.05, 0) is 48.9 Å². The minimum Gasteiger partial charge on any atom is -0.338 e. The number of aryl methyl sites for hydroxylation is 1. The number of nitrogens with zero attached hydrogens (tertiary/aromatic N) is 3. The summed E-state index contributed by atoms with van der Waals surface area (Å²) in [5, 5.41) is 0. The molecule has 0 bridgehead atoms. The van der Waals surface area contributed by atoms with Crippen LogP contribution in [-0.2, 0) is 17.9 Å². The Kier molecular flexibility index (Phi) is 5.27. The predicted octanol–water partition coefficient (Wildman–Crippen LogP) is 3.08. The monoisotopic (exact) mass is 371 g/mol. The molecule has 0 saturated carbocycles. The fourth-order valence-electron chi connectivity index (χ4n) is 2.71. The molecule has 5 nitrogen and oxygen atoms in total. The van der Waals surface area contributed by atoms with E-state index in [1.807, 2.05) is 25.1 Å². The van der Waals surface area contributed by atoms with Crippen molar-refractivity contribution in [2.45, 2.75) is 20.0 Å². The quantitative estimate of drug-likeness (QED) is 0.693. The van der Waals surface area contributed by atoms with Gasteiger partial charge in [0.25, 0.3) is 0 Å². The molecule has 1 amide bonds. The van der Waals surface area contributed by atoms with Crippen molar-refractivity contribution < 1.29 is 9.18 Å². The van der Waals surface area contributed by atoms with Crippen LogP contribution in [0.1, 0.15) is 10.6 Å². The van der Waals surface area contributed by atoms with Crippen molar-refractivity contribution in [1.29, 1.82) is 0 Å². The summed E-state index contributed by atoms with van der Waals surface area (Å²) >= 11 is 1.08. The fraction of sp³-hybridized carbons (Fsp3) is 0.211. The number of halogens is 1. The highest BCUT2D eigenvalue weighted by Gasteiger charge is 2.18. The number of amides is 1. The summed E-state index contributed by atoms with van der Waals surface area (Å²) in [5.74, 6) is -0.541. The number of carbonyl (C=O) groups excluding carboxylic acids is 1. The Morgan fingerprint density at radius 2 is 1.96 bits per heavy atom. The van der Waals surface area contributed by atoms with E-state index in [4.69, 9.17) is 0 Å². The van der Waals surface area contributed by atoms with E-state index < -0.39 is 0 Å². The molecule has 0 fully saturated rings. The van der Waals surface area contributed by atoms with Crippen molar-refractivity contribution >= 4 is 17.2 Å². The number of aromatic nitrogens is 2. The Morgan fingerprint density at radius 1 is 1.23 bits per heavy atom. The van der Waals surface area contributed by atoms with E-state index in [0.717, 1.165) is 21.9 Å². The molecule has 0 aliphatic rings. The number of benzene rings is 1. The Hall–Kier alpha value is -2.80. The first-order chi connectivity index (χ1) is 12.5. The lowest BCUT2D eigenvalue weighted by Crippen LogP contribution is -2.32. The van der Waals surface area contributed by atoms with Crippen LogP contribution < -0.4 is 4.87 Å². The van der Waals surface area contributed by atoms with Crippen molar-refractivity contribution in [3.05, 3.63) is 74.7 Å². The van der Waals surface area contributed by atoms with Gasteiger partial charge in [-0.2, -0.15) is 0 Å². The van der Waals surface area contributed by atoms with E-state index >= 15 is 0 Å². The van der Waals surface area contributed by atoms with Gasteiger partial charge >= 0.3 is 4.87 Å². The van der Waals surface area contributed by atoms with Crippen LogP contribution in [0.5, 0.6) is 0 Å². The summed E-state index contributed by atoms with van der Waals surface area (Å²) in [6, 6.07) is 11.4. The maximum atomic E-state index is 13.2. The van der Waals surface area contributed by atoms with Crippen LogP contribution in [0, 0.1) is 12.7 Å². The van der Waals surface area contributed by atoms with E-state index in [1.165, 1.54) is 21.6 Å². The first-order valence-corrected chi connectivity index (χ1v) is 8.87. The number of thiazole rings is 1. The Balaban J connectivity index is 1.84. The molecule has 2 aromatic heterocycles. The molecule has 134 valence electrons. The summed E-state index contributed by atoms with van der Waals surface area (Å²) in [4.78, 5) is 31.3. The van der Waals surface area contributed by atoms with Crippen LogP contribution in [0.25, 0.3) is 11.3 Å². The zero-order chi connectivity index (χ0) is 18.7. The highest BCUT2D eigenvalue weighted by Crippen LogP contribution is 2.25. The van der Waals surface area contributed by atoms with Gasteiger partial charge in [0.15, 0.2) is 0 Å². The van der Waals surface area contributed by atoms with E-state index in [-0.39, 0.29) is 23.1 Å². The third kappa shape index (κ3) is 3.88. The standard InChI is InChI=1S/C19H18FN3O2S/c1-13-18(14-6-8-15(20)9-7-14)23(19(25)26-13)12-17(24)22(2)11-16-5-3-4-10-21-16/h3-10H,11-12H2,1-2H3. The molecule has 1 aromatic carbocycles. The highest BCUT2D eigenvalue weighted by molar-refractivity contribution is 7.09. The minimum absolute atomic E-state index is 0.0702. The summed E-state index contributed by atoms with van der Waals surface area (Å²) in [6.45, 7) is 2.12. The number of likely N-dealkylation sites (N-methyl/N-ethyl adjacent to an activating group) is 1. The Bertz CT molecular complexity index is 965. The van der Waals surface area contributed by atoms with Gasteiger partial charge in [-0.3, -0.25) is 19.1 Å². The zero-order valence-electron chi connectivity index (χ0n) is 14.5. The van der Waals surface area contributed by atoms with Gasteiger partial charge in [0.1, 0.15) is 12.4 Å². The second-order valence-electron chi connectivity index (χ2n) is 5.94. The molecule has 3 rings (SSSR count).